The minimum absolute atomic E-state index is 0.618. The molecule has 2 aliphatic rings. The normalized spacial score (nSPS) is 32.1. The first-order valence-electron chi connectivity index (χ1n) is 8.34. The summed E-state index contributed by atoms with van der Waals surface area (Å²) in [5, 5.41) is 3.76. The molecule has 2 heteroatoms. The molecule has 1 heterocycles. The Morgan fingerprint density at radius 3 is 2.75 bits per heavy atom. The summed E-state index contributed by atoms with van der Waals surface area (Å²) in [4.78, 5) is 2.78. The second-order valence-corrected chi connectivity index (χ2v) is 6.66. The first-order valence-corrected chi connectivity index (χ1v) is 8.34. The summed E-state index contributed by atoms with van der Waals surface area (Å²) < 4.78 is 0. The predicted octanol–water partition coefficient (Wildman–Crippen LogP) is 3.08. The van der Waals surface area contributed by atoms with Crippen molar-refractivity contribution in [3.05, 3.63) is 35.9 Å². The molecule has 0 bridgehead atoms. The van der Waals surface area contributed by atoms with Crippen LogP contribution in [-0.4, -0.2) is 36.6 Å². The molecule has 3 rings (SSSR count). The monoisotopic (exact) mass is 272 g/mol. The van der Waals surface area contributed by atoms with Gasteiger partial charge in [0, 0.05) is 18.6 Å². The Labute approximate surface area is 123 Å². The van der Waals surface area contributed by atoms with Gasteiger partial charge in [0.2, 0.25) is 0 Å². The second kappa shape index (κ2) is 6.73. The highest BCUT2D eigenvalue weighted by molar-refractivity contribution is 5.16. The van der Waals surface area contributed by atoms with Gasteiger partial charge in [-0.05, 0) is 50.3 Å². The molecule has 1 saturated carbocycles. The van der Waals surface area contributed by atoms with Crippen molar-refractivity contribution in [1.82, 2.24) is 10.2 Å². The van der Waals surface area contributed by atoms with Gasteiger partial charge in [0.05, 0.1) is 0 Å². The Balaban J connectivity index is 1.63. The van der Waals surface area contributed by atoms with Crippen molar-refractivity contribution in [3.63, 3.8) is 0 Å². The molecule has 0 radical (unpaired) electrons. The van der Waals surface area contributed by atoms with E-state index in [2.05, 4.69) is 47.5 Å². The third-order valence-electron chi connectivity index (χ3n) is 5.12. The van der Waals surface area contributed by atoms with Gasteiger partial charge in [-0.1, -0.05) is 43.7 Å². The van der Waals surface area contributed by atoms with Crippen LogP contribution in [0.3, 0.4) is 0 Å². The lowest BCUT2D eigenvalue weighted by atomic mass is 10.0. The van der Waals surface area contributed by atoms with Crippen molar-refractivity contribution in [2.75, 3.05) is 19.6 Å². The molecule has 20 heavy (non-hydrogen) atoms. The predicted molar refractivity (Wildman–Crippen MR) is 84.9 cm³/mol. The number of hydrogen-bond acceptors (Lipinski definition) is 2. The molecule has 1 aromatic carbocycles. The van der Waals surface area contributed by atoms with Gasteiger partial charge < -0.3 is 5.32 Å². The summed E-state index contributed by atoms with van der Waals surface area (Å²) in [6.45, 7) is 6.13. The quantitative estimate of drug-likeness (QED) is 0.909. The lowest BCUT2D eigenvalue weighted by molar-refractivity contribution is 0.163. The van der Waals surface area contributed by atoms with Crippen LogP contribution in [0.1, 0.15) is 38.2 Å². The first-order chi connectivity index (χ1) is 9.83. The molecule has 0 spiro atoms. The highest BCUT2D eigenvalue weighted by Crippen LogP contribution is 2.30. The van der Waals surface area contributed by atoms with Gasteiger partial charge in [-0.15, -0.1) is 0 Å². The van der Waals surface area contributed by atoms with Crippen LogP contribution in [0.15, 0.2) is 30.3 Å². The number of nitrogens with zero attached hydrogens (tertiary/aromatic N) is 1. The van der Waals surface area contributed by atoms with Gasteiger partial charge in [0.1, 0.15) is 0 Å². The zero-order valence-corrected chi connectivity index (χ0v) is 12.7. The Hall–Kier alpha value is -0.860. The van der Waals surface area contributed by atoms with Crippen LogP contribution in [0.2, 0.25) is 0 Å². The smallest absolute Gasteiger partial charge is 0.0235 e. The molecule has 1 aliphatic carbocycles. The van der Waals surface area contributed by atoms with Gasteiger partial charge >= 0.3 is 0 Å². The second-order valence-electron chi connectivity index (χ2n) is 6.66. The Morgan fingerprint density at radius 1 is 1.15 bits per heavy atom. The standard InChI is InChI=1S/C18H28N2/c1-15-7-5-10-18(15)20-12-6-11-19-17(14-20)13-16-8-3-2-4-9-16/h2-4,8-9,15,17-19H,5-7,10-14H2,1H3. The maximum absolute atomic E-state index is 3.76. The van der Waals surface area contributed by atoms with Gasteiger partial charge in [-0.2, -0.15) is 0 Å². The van der Waals surface area contributed by atoms with E-state index in [1.165, 1.54) is 57.3 Å². The molecule has 1 aromatic rings. The van der Waals surface area contributed by atoms with Crippen LogP contribution in [0.5, 0.6) is 0 Å². The summed E-state index contributed by atoms with van der Waals surface area (Å²) in [6, 6.07) is 12.4. The molecule has 3 unspecified atom stereocenters. The fraction of sp³-hybridized carbons (Fsp3) is 0.667. The van der Waals surface area contributed by atoms with E-state index in [0.717, 1.165) is 12.0 Å². The Morgan fingerprint density at radius 2 is 2.00 bits per heavy atom. The van der Waals surface area contributed by atoms with Crippen molar-refractivity contribution in [2.45, 2.75) is 51.1 Å². The number of benzene rings is 1. The molecular formula is C18H28N2. The summed E-state index contributed by atoms with van der Waals surface area (Å²) in [6.07, 6.45) is 6.74. The average molecular weight is 272 g/mol. The summed E-state index contributed by atoms with van der Waals surface area (Å²) in [7, 11) is 0. The minimum Gasteiger partial charge on any atom is -0.312 e. The van der Waals surface area contributed by atoms with Gasteiger partial charge in [-0.3, -0.25) is 4.90 Å². The topological polar surface area (TPSA) is 15.3 Å². The summed E-state index contributed by atoms with van der Waals surface area (Å²) in [5.41, 5.74) is 1.46. The third kappa shape index (κ3) is 3.42. The van der Waals surface area contributed by atoms with Crippen molar-refractivity contribution >= 4 is 0 Å². The van der Waals surface area contributed by atoms with E-state index in [-0.39, 0.29) is 0 Å². The third-order valence-corrected chi connectivity index (χ3v) is 5.12. The summed E-state index contributed by atoms with van der Waals surface area (Å²) in [5.74, 6) is 0.894. The Kier molecular flexibility index (Phi) is 4.74. The molecule has 0 aromatic heterocycles. The van der Waals surface area contributed by atoms with Crippen molar-refractivity contribution in [1.29, 1.82) is 0 Å². The van der Waals surface area contributed by atoms with Crippen LogP contribution >= 0.6 is 0 Å². The lowest BCUT2D eigenvalue weighted by Gasteiger charge is -2.32. The molecule has 1 saturated heterocycles. The van der Waals surface area contributed by atoms with Crippen molar-refractivity contribution in [2.24, 2.45) is 5.92 Å². The van der Waals surface area contributed by atoms with Crippen LogP contribution in [-0.2, 0) is 6.42 Å². The van der Waals surface area contributed by atoms with Gasteiger partial charge in [-0.25, -0.2) is 0 Å². The maximum Gasteiger partial charge on any atom is 0.0235 e. The van der Waals surface area contributed by atoms with E-state index in [9.17, 15) is 0 Å². The van der Waals surface area contributed by atoms with Gasteiger partial charge in [0.25, 0.3) is 0 Å². The Bertz CT molecular complexity index is 403. The molecule has 3 atom stereocenters. The van der Waals surface area contributed by atoms with E-state index < -0.39 is 0 Å². The van der Waals surface area contributed by atoms with Crippen molar-refractivity contribution < 1.29 is 0 Å². The average Bonchev–Trinajstić information content (AvgIpc) is 2.76. The van der Waals surface area contributed by atoms with Gasteiger partial charge in [0.15, 0.2) is 0 Å². The lowest BCUT2D eigenvalue weighted by Crippen LogP contribution is -2.44. The first kappa shape index (κ1) is 14.1. The zero-order chi connectivity index (χ0) is 13.8. The number of hydrogen-bond donors (Lipinski definition) is 1. The van der Waals surface area contributed by atoms with Crippen LogP contribution in [0.4, 0.5) is 0 Å². The molecular weight excluding hydrogens is 244 g/mol. The molecule has 2 fully saturated rings. The SMILES string of the molecule is CC1CCCC1N1CCCNC(Cc2ccccc2)C1. The highest BCUT2D eigenvalue weighted by Gasteiger charge is 2.31. The minimum atomic E-state index is 0.618. The maximum atomic E-state index is 3.76. The van der Waals surface area contributed by atoms with Crippen molar-refractivity contribution in [3.8, 4) is 0 Å². The molecule has 1 N–H and O–H groups in total. The molecule has 110 valence electrons. The van der Waals surface area contributed by atoms with Crippen LogP contribution < -0.4 is 5.32 Å². The number of rotatable bonds is 3. The fourth-order valence-electron chi connectivity index (χ4n) is 4.03. The highest BCUT2D eigenvalue weighted by atomic mass is 15.2. The van der Waals surface area contributed by atoms with Crippen LogP contribution in [0, 0.1) is 5.92 Å². The van der Waals surface area contributed by atoms with E-state index in [4.69, 9.17) is 0 Å². The molecule has 1 aliphatic heterocycles. The number of nitrogens with one attached hydrogen (secondary N) is 1. The zero-order valence-electron chi connectivity index (χ0n) is 12.7. The summed E-state index contributed by atoms with van der Waals surface area (Å²) >= 11 is 0. The van der Waals surface area contributed by atoms with E-state index in [1.807, 2.05) is 0 Å². The molecule has 0 amide bonds. The van der Waals surface area contributed by atoms with E-state index >= 15 is 0 Å². The fourth-order valence-corrected chi connectivity index (χ4v) is 4.03. The largest absolute Gasteiger partial charge is 0.312 e. The van der Waals surface area contributed by atoms with Crippen LogP contribution in [0.25, 0.3) is 0 Å². The van der Waals surface area contributed by atoms with E-state index in [0.29, 0.717) is 6.04 Å². The van der Waals surface area contributed by atoms with E-state index in [1.54, 1.807) is 0 Å². The molecule has 2 nitrogen and oxygen atoms in total.